The summed E-state index contributed by atoms with van der Waals surface area (Å²) in [7, 11) is 0. The number of halogens is 4. The molecule has 0 aromatic heterocycles. The molecule has 0 aliphatic carbocycles. The molecule has 23 heavy (non-hydrogen) atoms. The predicted octanol–water partition coefficient (Wildman–Crippen LogP) is 4.07. The van der Waals surface area contributed by atoms with Crippen LogP contribution < -0.4 is 4.74 Å². The van der Waals surface area contributed by atoms with Crippen LogP contribution in [0.3, 0.4) is 0 Å². The summed E-state index contributed by atoms with van der Waals surface area (Å²) in [6.45, 7) is 4.59. The second-order valence-corrected chi connectivity index (χ2v) is 5.59. The number of nitriles is 1. The van der Waals surface area contributed by atoms with E-state index in [1.165, 1.54) is 20.8 Å². The fraction of sp³-hybridized carbons (Fsp3) is 0.429. The molecular formula is C14H14F4N2O3. The summed E-state index contributed by atoms with van der Waals surface area (Å²) in [4.78, 5) is 12.2. The second-order valence-electron chi connectivity index (χ2n) is 5.59. The topological polar surface area (TPSA) is 73.6 Å². The maximum Gasteiger partial charge on any atom is 0.573 e. The number of amides is 1. The van der Waals surface area contributed by atoms with E-state index in [4.69, 9.17) is 0 Å². The van der Waals surface area contributed by atoms with Crippen LogP contribution in [0.2, 0.25) is 0 Å². The highest BCUT2D eigenvalue weighted by molar-refractivity contribution is 5.67. The van der Waals surface area contributed by atoms with Crippen LogP contribution in [0.15, 0.2) is 18.2 Å². The van der Waals surface area contributed by atoms with Crippen molar-refractivity contribution in [3.8, 4) is 11.8 Å². The summed E-state index contributed by atoms with van der Waals surface area (Å²) in [5.41, 5.74) is -1.08. The first-order valence-corrected chi connectivity index (χ1v) is 6.34. The van der Waals surface area contributed by atoms with Gasteiger partial charge in [0.2, 0.25) is 0 Å². The van der Waals surface area contributed by atoms with Crippen LogP contribution in [0.25, 0.3) is 0 Å². The molecule has 0 aliphatic heterocycles. The van der Waals surface area contributed by atoms with Crippen molar-refractivity contribution in [2.45, 2.75) is 38.7 Å². The minimum absolute atomic E-state index is 0.100. The van der Waals surface area contributed by atoms with Crippen LogP contribution in [-0.4, -0.2) is 28.0 Å². The molecule has 126 valence electrons. The lowest BCUT2D eigenvalue weighted by molar-refractivity contribution is -0.275. The average Bonchev–Trinajstić information content (AvgIpc) is 2.34. The zero-order valence-corrected chi connectivity index (χ0v) is 12.5. The largest absolute Gasteiger partial charge is 0.573 e. The lowest BCUT2D eigenvalue weighted by atomic mass is 9.99. The third-order valence-corrected chi connectivity index (χ3v) is 2.81. The summed E-state index contributed by atoms with van der Waals surface area (Å²) in [5.74, 6) is -2.41. The molecule has 0 fully saturated rings. The Balaban J connectivity index is 3.25. The van der Waals surface area contributed by atoms with E-state index in [0.29, 0.717) is 12.1 Å². The minimum Gasteiger partial charge on any atom is -0.465 e. The molecule has 0 spiro atoms. The second kappa shape index (κ2) is 6.32. The van der Waals surface area contributed by atoms with Gasteiger partial charge in [0.15, 0.2) is 11.6 Å². The molecule has 1 aromatic carbocycles. The van der Waals surface area contributed by atoms with E-state index < -0.39 is 35.6 Å². The summed E-state index contributed by atoms with van der Waals surface area (Å²) >= 11 is 0. The number of carbonyl (C=O) groups is 1. The first kappa shape index (κ1) is 18.5. The number of hydrogen-bond donors (Lipinski definition) is 1. The fourth-order valence-corrected chi connectivity index (χ4v) is 1.96. The molecule has 1 aromatic rings. The molecular weight excluding hydrogens is 320 g/mol. The van der Waals surface area contributed by atoms with E-state index in [2.05, 4.69) is 4.74 Å². The van der Waals surface area contributed by atoms with Crippen molar-refractivity contribution in [3.05, 3.63) is 29.6 Å². The zero-order valence-electron chi connectivity index (χ0n) is 12.5. The Morgan fingerprint density at radius 3 is 2.26 bits per heavy atom. The Hall–Kier alpha value is -2.50. The van der Waals surface area contributed by atoms with Crippen LogP contribution >= 0.6 is 0 Å². The molecule has 1 N–H and O–H groups in total. The maximum atomic E-state index is 13.7. The van der Waals surface area contributed by atoms with Gasteiger partial charge >= 0.3 is 12.5 Å². The van der Waals surface area contributed by atoms with Gasteiger partial charge in [0.05, 0.1) is 6.07 Å². The van der Waals surface area contributed by atoms with Gasteiger partial charge in [-0.25, -0.2) is 9.18 Å². The van der Waals surface area contributed by atoms with Crippen LogP contribution in [0.5, 0.6) is 5.75 Å². The summed E-state index contributed by atoms with van der Waals surface area (Å²) in [6, 6.07) is 2.69. The highest BCUT2D eigenvalue weighted by atomic mass is 19.4. The number of alkyl halides is 3. The van der Waals surface area contributed by atoms with Crippen molar-refractivity contribution < 1.29 is 32.2 Å². The first-order chi connectivity index (χ1) is 10.4. The van der Waals surface area contributed by atoms with E-state index >= 15 is 0 Å². The van der Waals surface area contributed by atoms with Crippen molar-refractivity contribution >= 4 is 6.09 Å². The standard InChI is InChI=1S/C14H14F4N2O3/c1-13(2,3)20(12(21)22)10(7-19)8-4-5-11(9(15)6-8)23-14(16,17)18/h4-6,10H,1-3H3,(H,21,22). The lowest BCUT2D eigenvalue weighted by Gasteiger charge is -2.36. The minimum atomic E-state index is -5.06. The van der Waals surface area contributed by atoms with E-state index in [9.17, 15) is 32.7 Å². The van der Waals surface area contributed by atoms with Gasteiger partial charge in [0.1, 0.15) is 6.04 Å². The predicted molar refractivity (Wildman–Crippen MR) is 71.1 cm³/mol. The van der Waals surface area contributed by atoms with Gasteiger partial charge in [-0.15, -0.1) is 13.2 Å². The van der Waals surface area contributed by atoms with Gasteiger partial charge in [-0.3, -0.25) is 4.90 Å². The third-order valence-electron chi connectivity index (χ3n) is 2.81. The molecule has 5 nitrogen and oxygen atoms in total. The number of nitrogens with zero attached hydrogens (tertiary/aromatic N) is 2. The molecule has 9 heteroatoms. The summed E-state index contributed by atoms with van der Waals surface area (Å²) in [5, 5.41) is 18.5. The Kier molecular flexibility index (Phi) is 5.10. The van der Waals surface area contributed by atoms with Crippen molar-refractivity contribution in [2.24, 2.45) is 0 Å². The normalized spacial score (nSPS) is 13.1. The fourth-order valence-electron chi connectivity index (χ4n) is 1.96. The Labute approximate surface area is 129 Å². The lowest BCUT2D eigenvalue weighted by Crippen LogP contribution is -2.46. The quantitative estimate of drug-likeness (QED) is 0.846. The van der Waals surface area contributed by atoms with Crippen molar-refractivity contribution in [1.82, 2.24) is 4.90 Å². The van der Waals surface area contributed by atoms with Gasteiger partial charge in [-0.1, -0.05) is 6.07 Å². The van der Waals surface area contributed by atoms with E-state index in [1.54, 1.807) is 6.07 Å². The van der Waals surface area contributed by atoms with Gasteiger partial charge < -0.3 is 9.84 Å². The van der Waals surface area contributed by atoms with Crippen molar-refractivity contribution in [2.75, 3.05) is 0 Å². The smallest absolute Gasteiger partial charge is 0.465 e. The van der Waals surface area contributed by atoms with E-state index in [1.807, 2.05) is 0 Å². The van der Waals surface area contributed by atoms with Crippen LogP contribution in [0.1, 0.15) is 32.4 Å². The number of hydrogen-bond acceptors (Lipinski definition) is 3. The van der Waals surface area contributed by atoms with Crippen LogP contribution in [-0.2, 0) is 0 Å². The Morgan fingerprint density at radius 2 is 1.91 bits per heavy atom. The van der Waals surface area contributed by atoms with Crippen molar-refractivity contribution in [3.63, 3.8) is 0 Å². The first-order valence-electron chi connectivity index (χ1n) is 6.34. The molecule has 1 amide bonds. The molecule has 0 aliphatic rings. The molecule has 1 unspecified atom stereocenters. The molecule has 0 saturated carbocycles. The van der Waals surface area contributed by atoms with Crippen molar-refractivity contribution in [1.29, 1.82) is 5.26 Å². The number of carboxylic acid groups (broad SMARTS) is 1. The molecule has 0 radical (unpaired) electrons. The highest BCUT2D eigenvalue weighted by Crippen LogP contribution is 2.32. The molecule has 1 rings (SSSR count). The van der Waals surface area contributed by atoms with E-state index in [0.717, 1.165) is 11.0 Å². The monoisotopic (exact) mass is 334 g/mol. The van der Waals surface area contributed by atoms with Gasteiger partial charge in [-0.2, -0.15) is 5.26 Å². The van der Waals surface area contributed by atoms with Gasteiger partial charge in [0, 0.05) is 5.54 Å². The maximum absolute atomic E-state index is 13.7. The molecule has 0 bridgehead atoms. The number of rotatable bonds is 3. The molecule has 1 atom stereocenters. The summed E-state index contributed by atoms with van der Waals surface area (Å²) in [6.07, 6.45) is -6.48. The van der Waals surface area contributed by atoms with Gasteiger partial charge in [0.25, 0.3) is 0 Å². The summed E-state index contributed by atoms with van der Waals surface area (Å²) < 4.78 is 53.6. The SMILES string of the molecule is CC(C)(C)N(C(=O)O)C(C#N)c1ccc(OC(F)(F)F)c(F)c1. The molecule has 0 saturated heterocycles. The highest BCUT2D eigenvalue weighted by Gasteiger charge is 2.36. The molecule has 0 heterocycles. The van der Waals surface area contributed by atoms with Gasteiger partial charge in [-0.05, 0) is 38.5 Å². The number of ether oxygens (including phenoxy) is 1. The third kappa shape index (κ3) is 4.74. The average molecular weight is 334 g/mol. The van der Waals surface area contributed by atoms with E-state index in [-0.39, 0.29) is 5.56 Å². The Morgan fingerprint density at radius 1 is 1.35 bits per heavy atom. The van der Waals surface area contributed by atoms with Crippen LogP contribution in [0, 0.1) is 17.1 Å². The number of benzene rings is 1. The Bertz CT molecular complexity index is 632. The zero-order chi connectivity index (χ0) is 18.0. The van der Waals surface area contributed by atoms with Crippen LogP contribution in [0.4, 0.5) is 22.4 Å².